The SMILES string of the molecule is COc1cccc(N2CCN(C(=O)c3ccc(-c4cccc(C(F)(F)F)c4)o3)CC2)c1. The summed E-state index contributed by atoms with van der Waals surface area (Å²) >= 11 is 0. The fourth-order valence-corrected chi connectivity index (χ4v) is 3.59. The highest BCUT2D eigenvalue weighted by Gasteiger charge is 2.31. The Morgan fingerprint density at radius 3 is 2.42 bits per heavy atom. The van der Waals surface area contributed by atoms with Crippen molar-refractivity contribution in [2.75, 3.05) is 38.2 Å². The molecule has 0 saturated carbocycles. The van der Waals surface area contributed by atoms with Gasteiger partial charge in [0.15, 0.2) is 5.76 Å². The molecule has 1 aliphatic heterocycles. The summed E-state index contributed by atoms with van der Waals surface area (Å²) in [5.74, 6) is 0.837. The van der Waals surface area contributed by atoms with Crippen LogP contribution in [0.15, 0.2) is 65.1 Å². The Morgan fingerprint density at radius 2 is 1.71 bits per heavy atom. The molecule has 1 aliphatic rings. The number of halogens is 3. The molecule has 0 N–H and O–H groups in total. The van der Waals surface area contributed by atoms with Crippen LogP contribution in [-0.4, -0.2) is 44.1 Å². The third kappa shape index (κ3) is 4.52. The first-order chi connectivity index (χ1) is 14.8. The van der Waals surface area contributed by atoms with E-state index in [4.69, 9.17) is 9.15 Å². The van der Waals surface area contributed by atoms with E-state index in [1.807, 2.05) is 24.3 Å². The third-order valence-corrected chi connectivity index (χ3v) is 5.28. The van der Waals surface area contributed by atoms with E-state index in [1.165, 1.54) is 24.3 Å². The Hall–Kier alpha value is -3.42. The molecule has 0 aliphatic carbocycles. The first-order valence-corrected chi connectivity index (χ1v) is 9.81. The molecule has 1 aromatic heterocycles. The number of alkyl halides is 3. The molecule has 0 atom stereocenters. The topological polar surface area (TPSA) is 45.9 Å². The number of amides is 1. The standard InChI is InChI=1S/C23H21F3N2O3/c1-30-19-7-3-6-18(15-19)27-10-12-28(13-11-27)22(29)21-9-8-20(31-21)16-4-2-5-17(14-16)23(24,25)26/h2-9,14-15H,10-13H2,1H3. The highest BCUT2D eigenvalue weighted by Crippen LogP contribution is 2.33. The van der Waals surface area contributed by atoms with Crippen LogP contribution >= 0.6 is 0 Å². The molecule has 162 valence electrons. The predicted molar refractivity (Wildman–Crippen MR) is 110 cm³/mol. The lowest BCUT2D eigenvalue weighted by Crippen LogP contribution is -2.48. The van der Waals surface area contributed by atoms with Crippen LogP contribution in [0.3, 0.4) is 0 Å². The Kier molecular flexibility index (Phi) is 5.63. The Balaban J connectivity index is 1.43. The van der Waals surface area contributed by atoms with Crippen molar-refractivity contribution in [1.82, 2.24) is 4.90 Å². The lowest BCUT2D eigenvalue weighted by atomic mass is 10.1. The second kappa shape index (κ2) is 8.37. The molecule has 1 saturated heterocycles. The Labute approximate surface area is 177 Å². The van der Waals surface area contributed by atoms with Crippen molar-refractivity contribution in [3.8, 4) is 17.1 Å². The van der Waals surface area contributed by atoms with Gasteiger partial charge in [0.05, 0.1) is 12.7 Å². The second-order valence-corrected chi connectivity index (χ2v) is 7.22. The molecule has 0 bridgehead atoms. The van der Waals surface area contributed by atoms with Crippen molar-refractivity contribution in [3.63, 3.8) is 0 Å². The van der Waals surface area contributed by atoms with Gasteiger partial charge < -0.3 is 19.0 Å². The van der Waals surface area contributed by atoms with E-state index in [2.05, 4.69) is 4.90 Å². The number of piperazine rings is 1. The van der Waals surface area contributed by atoms with Gasteiger partial charge in [-0.25, -0.2) is 0 Å². The van der Waals surface area contributed by atoms with Crippen LogP contribution in [0, 0.1) is 0 Å². The maximum Gasteiger partial charge on any atom is 0.416 e. The van der Waals surface area contributed by atoms with Gasteiger partial charge in [0.2, 0.25) is 0 Å². The molecule has 0 radical (unpaired) electrons. The molecule has 31 heavy (non-hydrogen) atoms. The smallest absolute Gasteiger partial charge is 0.416 e. The Morgan fingerprint density at radius 1 is 0.968 bits per heavy atom. The largest absolute Gasteiger partial charge is 0.497 e. The highest BCUT2D eigenvalue weighted by atomic mass is 19.4. The number of carbonyl (C=O) groups is 1. The molecular formula is C23H21F3N2O3. The molecule has 4 rings (SSSR count). The van der Waals surface area contributed by atoms with Gasteiger partial charge in [-0.2, -0.15) is 13.2 Å². The van der Waals surface area contributed by atoms with E-state index in [0.717, 1.165) is 23.6 Å². The quantitative estimate of drug-likeness (QED) is 0.589. The minimum atomic E-state index is -4.44. The Bertz CT molecular complexity index is 1070. The van der Waals surface area contributed by atoms with E-state index >= 15 is 0 Å². The number of rotatable bonds is 4. The molecular weight excluding hydrogens is 409 g/mol. The van der Waals surface area contributed by atoms with Crippen molar-refractivity contribution >= 4 is 11.6 Å². The summed E-state index contributed by atoms with van der Waals surface area (Å²) in [5, 5.41) is 0. The van der Waals surface area contributed by atoms with E-state index in [0.29, 0.717) is 26.2 Å². The molecule has 2 heterocycles. The van der Waals surface area contributed by atoms with Gasteiger partial charge in [-0.3, -0.25) is 4.79 Å². The van der Waals surface area contributed by atoms with E-state index in [-0.39, 0.29) is 23.0 Å². The van der Waals surface area contributed by atoms with Gasteiger partial charge in [0.25, 0.3) is 5.91 Å². The normalized spacial score (nSPS) is 14.6. The minimum absolute atomic E-state index is 0.113. The third-order valence-electron chi connectivity index (χ3n) is 5.28. The van der Waals surface area contributed by atoms with Crippen molar-refractivity contribution < 1.29 is 27.1 Å². The fourth-order valence-electron chi connectivity index (χ4n) is 3.59. The van der Waals surface area contributed by atoms with Crippen molar-refractivity contribution in [2.45, 2.75) is 6.18 Å². The van der Waals surface area contributed by atoms with E-state index < -0.39 is 11.7 Å². The summed E-state index contributed by atoms with van der Waals surface area (Å²) in [5.41, 5.74) is 0.538. The molecule has 1 fully saturated rings. The summed E-state index contributed by atoms with van der Waals surface area (Å²) in [6.45, 7) is 2.32. The predicted octanol–water partition coefficient (Wildman–Crippen LogP) is 4.94. The van der Waals surface area contributed by atoms with Gasteiger partial charge >= 0.3 is 6.18 Å². The van der Waals surface area contributed by atoms with Crippen LogP contribution in [0.1, 0.15) is 16.1 Å². The lowest BCUT2D eigenvalue weighted by molar-refractivity contribution is -0.137. The highest BCUT2D eigenvalue weighted by molar-refractivity contribution is 5.92. The van der Waals surface area contributed by atoms with E-state index in [9.17, 15) is 18.0 Å². The molecule has 0 spiro atoms. The van der Waals surface area contributed by atoms with Crippen molar-refractivity contribution in [2.24, 2.45) is 0 Å². The maximum atomic E-state index is 13.0. The number of hydrogen-bond acceptors (Lipinski definition) is 4. The summed E-state index contributed by atoms with van der Waals surface area (Å²) in [4.78, 5) is 16.7. The summed E-state index contributed by atoms with van der Waals surface area (Å²) in [6.07, 6.45) is -4.44. The number of ether oxygens (including phenoxy) is 1. The van der Waals surface area contributed by atoms with Crippen LogP contribution in [0.4, 0.5) is 18.9 Å². The minimum Gasteiger partial charge on any atom is -0.497 e. The zero-order chi connectivity index (χ0) is 22.0. The van der Waals surface area contributed by atoms with Crippen LogP contribution in [0.25, 0.3) is 11.3 Å². The summed E-state index contributed by atoms with van der Waals surface area (Å²) in [6, 6.07) is 15.6. The zero-order valence-electron chi connectivity index (χ0n) is 16.9. The first-order valence-electron chi connectivity index (χ1n) is 9.81. The van der Waals surface area contributed by atoms with Gasteiger partial charge in [-0.05, 0) is 36.4 Å². The van der Waals surface area contributed by atoms with Gasteiger partial charge in [-0.15, -0.1) is 0 Å². The number of anilines is 1. The number of methoxy groups -OCH3 is 1. The average Bonchev–Trinajstić information content (AvgIpc) is 3.29. The molecule has 0 unspecified atom stereocenters. The molecule has 3 aromatic rings. The molecule has 1 amide bonds. The number of benzene rings is 2. The van der Waals surface area contributed by atoms with Crippen molar-refractivity contribution in [1.29, 1.82) is 0 Å². The van der Waals surface area contributed by atoms with Crippen LogP contribution in [0.2, 0.25) is 0 Å². The van der Waals surface area contributed by atoms with Crippen LogP contribution < -0.4 is 9.64 Å². The van der Waals surface area contributed by atoms with Crippen LogP contribution in [-0.2, 0) is 6.18 Å². The number of nitrogens with zero attached hydrogens (tertiary/aromatic N) is 2. The zero-order valence-corrected chi connectivity index (χ0v) is 16.9. The lowest BCUT2D eigenvalue weighted by Gasteiger charge is -2.35. The number of carbonyl (C=O) groups excluding carboxylic acids is 1. The van der Waals surface area contributed by atoms with Gasteiger partial charge in [0, 0.05) is 43.5 Å². The first kappa shape index (κ1) is 20.8. The van der Waals surface area contributed by atoms with Gasteiger partial charge in [-0.1, -0.05) is 18.2 Å². The summed E-state index contributed by atoms with van der Waals surface area (Å²) in [7, 11) is 1.62. The second-order valence-electron chi connectivity index (χ2n) is 7.22. The molecule has 2 aromatic carbocycles. The average molecular weight is 430 g/mol. The number of hydrogen-bond donors (Lipinski definition) is 0. The summed E-state index contributed by atoms with van der Waals surface area (Å²) < 4.78 is 49.7. The van der Waals surface area contributed by atoms with Gasteiger partial charge in [0.1, 0.15) is 11.5 Å². The molecule has 8 heteroatoms. The fraction of sp³-hybridized carbons (Fsp3) is 0.261. The maximum absolute atomic E-state index is 13.0. The molecule has 5 nitrogen and oxygen atoms in total. The van der Waals surface area contributed by atoms with Crippen molar-refractivity contribution in [3.05, 3.63) is 72.0 Å². The van der Waals surface area contributed by atoms with E-state index in [1.54, 1.807) is 12.0 Å². The monoisotopic (exact) mass is 430 g/mol. The van der Waals surface area contributed by atoms with Crippen LogP contribution in [0.5, 0.6) is 5.75 Å². The number of furan rings is 1.